The monoisotopic (exact) mass is 359 g/mol. The average Bonchev–Trinajstić information content (AvgIpc) is 3.05. The molecule has 0 bridgehead atoms. The standard InChI is InChI=1S/C17H18F5N3/c18-16(19)12-24(11-7-15(16)25-9-1-8-23-25)10-6-13-2-4-14(5-3-13)17(20,21)22/h1-5,8-9,15H,6-7,10-12H2. The summed E-state index contributed by atoms with van der Waals surface area (Å²) < 4.78 is 67.6. The van der Waals surface area contributed by atoms with E-state index in [1.165, 1.54) is 29.2 Å². The van der Waals surface area contributed by atoms with Gasteiger partial charge in [-0.3, -0.25) is 9.58 Å². The minimum Gasteiger partial charge on any atom is -0.297 e. The van der Waals surface area contributed by atoms with Gasteiger partial charge in [0.25, 0.3) is 5.92 Å². The van der Waals surface area contributed by atoms with Crippen LogP contribution in [0.4, 0.5) is 22.0 Å². The van der Waals surface area contributed by atoms with Gasteiger partial charge < -0.3 is 0 Å². The molecule has 1 aliphatic heterocycles. The van der Waals surface area contributed by atoms with Crippen molar-refractivity contribution < 1.29 is 22.0 Å². The van der Waals surface area contributed by atoms with Crippen LogP contribution in [-0.2, 0) is 12.6 Å². The van der Waals surface area contributed by atoms with Gasteiger partial charge in [-0.25, -0.2) is 8.78 Å². The first-order valence-electron chi connectivity index (χ1n) is 8.01. The van der Waals surface area contributed by atoms with Crippen LogP contribution >= 0.6 is 0 Å². The zero-order valence-corrected chi connectivity index (χ0v) is 13.4. The number of halogens is 5. The lowest BCUT2D eigenvalue weighted by atomic mass is 10.00. The molecule has 1 unspecified atom stereocenters. The highest BCUT2D eigenvalue weighted by Crippen LogP contribution is 2.36. The lowest BCUT2D eigenvalue weighted by Crippen LogP contribution is -2.49. The quantitative estimate of drug-likeness (QED) is 0.769. The van der Waals surface area contributed by atoms with Crippen molar-refractivity contribution in [2.24, 2.45) is 0 Å². The second kappa shape index (κ2) is 6.74. The maximum atomic E-state index is 14.4. The van der Waals surface area contributed by atoms with Crippen molar-refractivity contribution in [1.82, 2.24) is 14.7 Å². The van der Waals surface area contributed by atoms with Gasteiger partial charge in [-0.1, -0.05) is 12.1 Å². The van der Waals surface area contributed by atoms with Crippen molar-refractivity contribution in [3.8, 4) is 0 Å². The average molecular weight is 359 g/mol. The van der Waals surface area contributed by atoms with Crippen molar-refractivity contribution in [3.63, 3.8) is 0 Å². The summed E-state index contributed by atoms with van der Waals surface area (Å²) in [4.78, 5) is 1.65. The van der Waals surface area contributed by atoms with Gasteiger partial charge in [0.05, 0.1) is 12.1 Å². The van der Waals surface area contributed by atoms with Gasteiger partial charge in [-0.05, 0) is 36.6 Å². The summed E-state index contributed by atoms with van der Waals surface area (Å²) in [5.74, 6) is -2.90. The van der Waals surface area contributed by atoms with E-state index in [1.807, 2.05) is 0 Å². The number of alkyl halides is 5. The molecule has 25 heavy (non-hydrogen) atoms. The van der Waals surface area contributed by atoms with E-state index in [4.69, 9.17) is 0 Å². The lowest BCUT2D eigenvalue weighted by Gasteiger charge is -2.38. The first-order chi connectivity index (χ1) is 11.8. The number of hydrogen-bond acceptors (Lipinski definition) is 2. The van der Waals surface area contributed by atoms with Crippen LogP contribution in [0.25, 0.3) is 0 Å². The fraction of sp³-hybridized carbons (Fsp3) is 0.471. The summed E-state index contributed by atoms with van der Waals surface area (Å²) in [6.07, 6.45) is -0.638. The minimum absolute atomic E-state index is 0.279. The van der Waals surface area contributed by atoms with Gasteiger partial charge in [0.1, 0.15) is 6.04 Å². The van der Waals surface area contributed by atoms with Crippen molar-refractivity contribution in [2.45, 2.75) is 31.0 Å². The van der Waals surface area contributed by atoms with Crippen LogP contribution < -0.4 is 0 Å². The molecule has 3 nitrogen and oxygen atoms in total. The minimum atomic E-state index is -4.37. The van der Waals surface area contributed by atoms with Crippen LogP contribution in [0.1, 0.15) is 23.6 Å². The lowest BCUT2D eigenvalue weighted by molar-refractivity contribution is -0.137. The number of likely N-dealkylation sites (tertiary alicyclic amines) is 1. The fourth-order valence-electron chi connectivity index (χ4n) is 3.13. The number of rotatable bonds is 4. The summed E-state index contributed by atoms with van der Waals surface area (Å²) in [5, 5.41) is 3.91. The molecular formula is C17H18F5N3. The van der Waals surface area contributed by atoms with Crippen LogP contribution in [0.3, 0.4) is 0 Å². The van der Waals surface area contributed by atoms with E-state index in [0.717, 1.165) is 12.1 Å². The zero-order chi connectivity index (χ0) is 18.1. The SMILES string of the molecule is FC(F)(F)c1ccc(CCN2CCC(n3cccn3)C(F)(F)C2)cc1. The molecule has 8 heteroatoms. The molecule has 0 aliphatic carbocycles. The fourth-order valence-corrected chi connectivity index (χ4v) is 3.13. The van der Waals surface area contributed by atoms with Crippen LogP contribution in [0.2, 0.25) is 0 Å². The Morgan fingerprint density at radius 1 is 1.16 bits per heavy atom. The molecule has 0 amide bonds. The van der Waals surface area contributed by atoms with Gasteiger partial charge >= 0.3 is 6.18 Å². The molecule has 0 spiro atoms. The Bertz CT molecular complexity index is 679. The number of piperidine rings is 1. The van der Waals surface area contributed by atoms with Crippen LogP contribution in [0, 0.1) is 0 Å². The molecule has 1 aliphatic rings. The summed E-state index contributed by atoms with van der Waals surface area (Å²) in [6.45, 7) is 0.506. The van der Waals surface area contributed by atoms with E-state index in [2.05, 4.69) is 5.10 Å². The van der Waals surface area contributed by atoms with Crippen molar-refractivity contribution >= 4 is 0 Å². The Labute approximate surface area is 142 Å². The molecule has 1 fully saturated rings. The second-order valence-electron chi connectivity index (χ2n) is 6.27. The molecule has 1 aromatic carbocycles. The van der Waals surface area contributed by atoms with Crippen molar-refractivity contribution in [3.05, 3.63) is 53.9 Å². The first-order valence-corrected chi connectivity index (χ1v) is 8.01. The summed E-state index contributed by atoms with van der Waals surface area (Å²) in [7, 11) is 0. The highest BCUT2D eigenvalue weighted by atomic mass is 19.4. The van der Waals surface area contributed by atoms with E-state index >= 15 is 0 Å². The Morgan fingerprint density at radius 3 is 2.44 bits per heavy atom. The second-order valence-corrected chi connectivity index (χ2v) is 6.27. The van der Waals surface area contributed by atoms with Crippen LogP contribution in [0.15, 0.2) is 42.7 Å². The first kappa shape index (κ1) is 17.8. The Morgan fingerprint density at radius 2 is 1.88 bits per heavy atom. The molecule has 1 saturated heterocycles. The summed E-state index contributed by atoms with van der Waals surface area (Å²) in [5.41, 5.74) is -0.00617. The van der Waals surface area contributed by atoms with Gasteiger partial charge in [-0.2, -0.15) is 18.3 Å². The van der Waals surface area contributed by atoms with Crippen molar-refractivity contribution in [2.75, 3.05) is 19.6 Å². The molecular weight excluding hydrogens is 341 g/mol. The highest BCUT2D eigenvalue weighted by molar-refractivity contribution is 5.24. The normalized spacial score (nSPS) is 21.4. The third-order valence-corrected chi connectivity index (χ3v) is 4.48. The van der Waals surface area contributed by atoms with Gasteiger partial charge in [0, 0.05) is 25.5 Å². The molecule has 0 saturated carbocycles. The summed E-state index contributed by atoms with van der Waals surface area (Å²) in [6, 6.07) is 5.51. The Hall–Kier alpha value is -1.96. The molecule has 1 aromatic heterocycles. The molecule has 3 rings (SSSR count). The smallest absolute Gasteiger partial charge is 0.297 e. The Kier molecular flexibility index (Phi) is 4.81. The maximum absolute atomic E-state index is 14.4. The van der Waals surface area contributed by atoms with Gasteiger partial charge in [0.2, 0.25) is 0 Å². The molecule has 2 heterocycles. The van der Waals surface area contributed by atoms with E-state index < -0.39 is 23.7 Å². The van der Waals surface area contributed by atoms with Crippen LogP contribution in [0.5, 0.6) is 0 Å². The van der Waals surface area contributed by atoms with Gasteiger partial charge in [-0.15, -0.1) is 0 Å². The highest BCUT2D eigenvalue weighted by Gasteiger charge is 2.45. The van der Waals surface area contributed by atoms with Crippen LogP contribution in [-0.4, -0.2) is 40.2 Å². The Balaban J connectivity index is 1.56. The van der Waals surface area contributed by atoms with Crippen molar-refractivity contribution in [1.29, 1.82) is 0 Å². The third kappa shape index (κ3) is 4.18. The predicted octanol–water partition coefficient (Wildman–Crippen LogP) is 4.03. The third-order valence-electron chi connectivity index (χ3n) is 4.48. The zero-order valence-electron chi connectivity index (χ0n) is 13.4. The van der Waals surface area contributed by atoms with E-state index in [1.54, 1.807) is 11.0 Å². The topological polar surface area (TPSA) is 21.1 Å². The van der Waals surface area contributed by atoms with E-state index in [0.29, 0.717) is 25.1 Å². The molecule has 0 N–H and O–H groups in total. The number of hydrogen-bond donors (Lipinski definition) is 0. The molecule has 0 radical (unpaired) electrons. The predicted molar refractivity (Wildman–Crippen MR) is 82.4 cm³/mol. The largest absolute Gasteiger partial charge is 0.416 e. The summed E-state index contributed by atoms with van der Waals surface area (Å²) >= 11 is 0. The van der Waals surface area contributed by atoms with Gasteiger partial charge in [0.15, 0.2) is 0 Å². The number of nitrogens with zero attached hydrogens (tertiary/aromatic N) is 3. The number of benzene rings is 1. The number of aromatic nitrogens is 2. The molecule has 2 aromatic rings. The van der Waals surface area contributed by atoms with E-state index in [-0.39, 0.29) is 13.0 Å². The molecule has 1 atom stereocenters. The maximum Gasteiger partial charge on any atom is 0.416 e. The molecule has 136 valence electrons. The van der Waals surface area contributed by atoms with E-state index in [9.17, 15) is 22.0 Å².